The first-order chi connectivity index (χ1) is 20.9. The van der Waals surface area contributed by atoms with Gasteiger partial charge in [-0.3, -0.25) is 5.32 Å². The van der Waals surface area contributed by atoms with Crippen LogP contribution in [0.2, 0.25) is 5.02 Å². The Morgan fingerprint density at radius 2 is 1.74 bits per heavy atom. The van der Waals surface area contributed by atoms with Crippen LogP contribution in [-0.2, 0) is 10.3 Å². The van der Waals surface area contributed by atoms with Gasteiger partial charge in [0.2, 0.25) is 5.95 Å². The van der Waals surface area contributed by atoms with E-state index in [1.165, 1.54) is 0 Å². The van der Waals surface area contributed by atoms with Crippen molar-refractivity contribution in [2.75, 3.05) is 43.0 Å². The van der Waals surface area contributed by atoms with Crippen molar-refractivity contribution in [2.24, 2.45) is 0 Å². The predicted molar refractivity (Wildman–Crippen MR) is 167 cm³/mol. The summed E-state index contributed by atoms with van der Waals surface area (Å²) in [6, 6.07) is 19.3. The molecule has 2 aromatic heterocycles. The second-order valence-electron chi connectivity index (χ2n) is 12.1. The molecule has 3 aliphatic rings. The maximum atomic E-state index is 11.3. The smallest absolute Gasteiger partial charge is 0.247 e. The van der Waals surface area contributed by atoms with Gasteiger partial charge >= 0.3 is 0 Å². The van der Waals surface area contributed by atoms with E-state index in [0.29, 0.717) is 43.5 Å². The minimum Gasteiger partial charge on any atom is -0.385 e. The van der Waals surface area contributed by atoms with Crippen molar-refractivity contribution in [3.63, 3.8) is 0 Å². The summed E-state index contributed by atoms with van der Waals surface area (Å²) in [5, 5.41) is 37.5. The summed E-state index contributed by atoms with van der Waals surface area (Å²) in [7, 11) is 0. The fraction of sp³-hybridized carbons (Fsp3) is 0.438. The van der Waals surface area contributed by atoms with E-state index in [-0.39, 0.29) is 11.6 Å². The van der Waals surface area contributed by atoms with E-state index in [4.69, 9.17) is 21.3 Å². The molecule has 3 saturated heterocycles. The van der Waals surface area contributed by atoms with Crippen molar-refractivity contribution in [3.8, 4) is 0 Å². The van der Waals surface area contributed by atoms with Crippen LogP contribution in [0.1, 0.15) is 49.5 Å². The van der Waals surface area contributed by atoms with Gasteiger partial charge in [-0.05, 0) is 92.7 Å². The van der Waals surface area contributed by atoms with E-state index in [1.54, 1.807) is 4.52 Å². The van der Waals surface area contributed by atoms with Gasteiger partial charge < -0.3 is 30.5 Å². The van der Waals surface area contributed by atoms with E-state index in [1.807, 2.05) is 66.9 Å². The number of halogens is 1. The van der Waals surface area contributed by atoms with Gasteiger partial charge in [-0.25, -0.2) is 4.52 Å². The van der Waals surface area contributed by atoms with Crippen LogP contribution in [0, 0.1) is 0 Å². The number of piperidine rings is 2. The Morgan fingerprint density at radius 1 is 1.00 bits per heavy atom. The van der Waals surface area contributed by atoms with Gasteiger partial charge in [0.15, 0.2) is 5.65 Å². The quantitative estimate of drug-likeness (QED) is 0.199. The van der Waals surface area contributed by atoms with E-state index in [9.17, 15) is 10.2 Å². The van der Waals surface area contributed by atoms with E-state index in [0.717, 1.165) is 60.5 Å². The van der Waals surface area contributed by atoms with Crippen molar-refractivity contribution >= 4 is 34.6 Å². The molecular formula is C32H38ClN7O3. The van der Waals surface area contributed by atoms with Crippen LogP contribution in [0.3, 0.4) is 0 Å². The average Bonchev–Trinajstić information content (AvgIpc) is 3.61. The number of rotatable bonds is 7. The number of anilines is 3. The standard InChI is InChI=1S/C32H38ClN7O3/c33-24-7-5-23(6-8-24)32(42)13-18-39(19-14-32)27-2-1-17-40-28(27)37-30(38-40)36-25-9-3-22(4-10-25)29(41)35-26-20-31(43-21-26)11-15-34-16-12-31/h1-10,17,26,29,34-35,41-42H,11-16,18-21H2,(H,36,38). The summed E-state index contributed by atoms with van der Waals surface area (Å²) in [6.07, 6.45) is 5.29. The summed E-state index contributed by atoms with van der Waals surface area (Å²) in [5.74, 6) is 0.490. The molecule has 5 heterocycles. The van der Waals surface area contributed by atoms with Crippen molar-refractivity contribution in [2.45, 2.75) is 55.6 Å². The van der Waals surface area contributed by atoms with Crippen LogP contribution in [0.15, 0.2) is 66.9 Å². The van der Waals surface area contributed by atoms with Crippen molar-refractivity contribution < 1.29 is 14.9 Å². The molecule has 2 aromatic carbocycles. The third kappa shape index (κ3) is 5.95. The highest BCUT2D eigenvalue weighted by Crippen LogP contribution is 2.37. The normalized spacial score (nSPS) is 22.2. The Bertz CT molecular complexity index is 1550. The maximum absolute atomic E-state index is 11.3. The molecule has 3 aliphatic heterocycles. The highest BCUT2D eigenvalue weighted by atomic mass is 35.5. The second kappa shape index (κ2) is 11.7. The Labute approximate surface area is 256 Å². The van der Waals surface area contributed by atoms with E-state index >= 15 is 0 Å². The highest BCUT2D eigenvalue weighted by Gasteiger charge is 2.41. The lowest BCUT2D eigenvalue weighted by Crippen LogP contribution is -2.42. The maximum Gasteiger partial charge on any atom is 0.247 e. The number of nitrogens with one attached hydrogen (secondary N) is 3. The number of aromatic nitrogens is 3. The van der Waals surface area contributed by atoms with Gasteiger partial charge in [-0.15, -0.1) is 5.10 Å². The number of aliphatic hydroxyl groups excluding tert-OH is 1. The molecule has 4 aromatic rings. The third-order valence-corrected chi connectivity index (χ3v) is 9.51. The zero-order valence-electron chi connectivity index (χ0n) is 24.0. The van der Waals surface area contributed by atoms with Crippen molar-refractivity contribution in [1.29, 1.82) is 0 Å². The SMILES string of the molecule is OC(NC1COC2(CCNCC2)C1)c1ccc(Nc2nc3c(N4CCC(O)(c5ccc(Cl)cc5)CC4)cccn3n2)cc1. The number of aliphatic hydroxyl groups is 2. The average molecular weight is 604 g/mol. The molecule has 0 amide bonds. The molecule has 0 aliphatic carbocycles. The molecule has 1 spiro atoms. The molecular weight excluding hydrogens is 566 g/mol. The predicted octanol–water partition coefficient (Wildman–Crippen LogP) is 4.11. The Morgan fingerprint density at radius 3 is 2.49 bits per heavy atom. The molecule has 3 fully saturated rings. The first kappa shape index (κ1) is 28.5. The number of pyridine rings is 1. The van der Waals surface area contributed by atoms with Gasteiger partial charge in [-0.2, -0.15) is 4.98 Å². The summed E-state index contributed by atoms with van der Waals surface area (Å²) in [5.41, 5.74) is 3.34. The first-order valence-electron chi connectivity index (χ1n) is 15.1. The molecule has 226 valence electrons. The molecule has 2 atom stereocenters. The number of benzene rings is 2. The first-order valence-corrected chi connectivity index (χ1v) is 15.5. The van der Waals surface area contributed by atoms with Crippen molar-refractivity contribution in [1.82, 2.24) is 25.2 Å². The number of fused-ring (bicyclic) bond motifs is 1. The number of hydrogen-bond donors (Lipinski definition) is 5. The molecule has 43 heavy (non-hydrogen) atoms. The Hall–Kier alpha value is -3.25. The molecule has 10 nitrogen and oxygen atoms in total. The lowest BCUT2D eigenvalue weighted by atomic mass is 9.84. The monoisotopic (exact) mass is 603 g/mol. The van der Waals surface area contributed by atoms with Crippen LogP contribution in [0.4, 0.5) is 17.3 Å². The van der Waals surface area contributed by atoms with Gasteiger partial charge in [0, 0.05) is 36.0 Å². The third-order valence-electron chi connectivity index (χ3n) is 9.25. The highest BCUT2D eigenvalue weighted by molar-refractivity contribution is 6.30. The summed E-state index contributed by atoms with van der Waals surface area (Å²) in [4.78, 5) is 7.05. The molecule has 2 unspecified atom stereocenters. The largest absolute Gasteiger partial charge is 0.385 e. The summed E-state index contributed by atoms with van der Waals surface area (Å²) >= 11 is 6.05. The minimum absolute atomic E-state index is 0.0494. The van der Waals surface area contributed by atoms with E-state index in [2.05, 4.69) is 25.9 Å². The Balaban J connectivity index is 0.984. The van der Waals surface area contributed by atoms with Crippen LogP contribution < -0.4 is 20.9 Å². The zero-order valence-corrected chi connectivity index (χ0v) is 24.8. The van der Waals surface area contributed by atoms with Crippen LogP contribution in [-0.4, -0.2) is 69.2 Å². The fourth-order valence-electron chi connectivity index (χ4n) is 6.74. The van der Waals surface area contributed by atoms with Crippen LogP contribution >= 0.6 is 11.6 Å². The second-order valence-corrected chi connectivity index (χ2v) is 12.5. The number of nitrogens with zero attached hydrogens (tertiary/aromatic N) is 4. The van der Waals surface area contributed by atoms with Gasteiger partial charge in [0.1, 0.15) is 6.23 Å². The van der Waals surface area contributed by atoms with Crippen molar-refractivity contribution in [3.05, 3.63) is 83.0 Å². The minimum atomic E-state index is -0.873. The molecule has 11 heteroatoms. The fourth-order valence-corrected chi connectivity index (χ4v) is 6.86. The lowest BCUT2D eigenvalue weighted by Gasteiger charge is -2.39. The Kier molecular flexibility index (Phi) is 7.75. The van der Waals surface area contributed by atoms with Crippen LogP contribution in [0.5, 0.6) is 0 Å². The van der Waals surface area contributed by atoms with Gasteiger partial charge in [-0.1, -0.05) is 35.9 Å². The molecule has 7 rings (SSSR count). The zero-order chi connectivity index (χ0) is 29.4. The lowest BCUT2D eigenvalue weighted by molar-refractivity contribution is -0.0197. The molecule has 0 bridgehead atoms. The van der Waals surface area contributed by atoms with Gasteiger partial charge in [0.25, 0.3) is 0 Å². The van der Waals surface area contributed by atoms with Crippen LogP contribution in [0.25, 0.3) is 5.65 Å². The van der Waals surface area contributed by atoms with Gasteiger partial charge in [0.05, 0.1) is 23.5 Å². The van der Waals surface area contributed by atoms with E-state index < -0.39 is 11.8 Å². The number of ether oxygens (including phenoxy) is 1. The summed E-state index contributed by atoms with van der Waals surface area (Å²) < 4.78 is 7.94. The molecule has 0 saturated carbocycles. The number of hydrogen-bond acceptors (Lipinski definition) is 9. The molecule has 0 radical (unpaired) electrons. The summed E-state index contributed by atoms with van der Waals surface area (Å²) in [6.45, 7) is 3.98. The topological polar surface area (TPSA) is 119 Å². The molecule has 5 N–H and O–H groups in total.